The molecule has 6 aliphatic rings. The van der Waals surface area contributed by atoms with Crippen molar-refractivity contribution in [1.29, 1.82) is 0 Å². The summed E-state index contributed by atoms with van der Waals surface area (Å²) in [6.07, 6.45) is 14.7. The van der Waals surface area contributed by atoms with E-state index in [2.05, 4.69) is 37.2 Å². The topological polar surface area (TPSA) is 210 Å². The first-order valence-electron chi connectivity index (χ1n) is 26.1. The van der Waals surface area contributed by atoms with Gasteiger partial charge in [0.05, 0.1) is 24.2 Å². The number of rotatable bonds is 16. The Hall–Kier alpha value is -5.35. The van der Waals surface area contributed by atoms with Crippen molar-refractivity contribution in [2.45, 2.75) is 178 Å². The average Bonchev–Trinajstić information content (AvgIpc) is 4.22. The number of hydrogen-bond acceptors (Lipinski definition) is 9. The minimum absolute atomic E-state index is 0.0281. The Bertz CT molecular complexity index is 2240. The van der Waals surface area contributed by atoms with Gasteiger partial charge >= 0.3 is 0 Å². The van der Waals surface area contributed by atoms with Crippen molar-refractivity contribution in [2.24, 2.45) is 11.8 Å². The van der Waals surface area contributed by atoms with E-state index < -0.39 is 36.3 Å². The Kier molecular flexibility index (Phi) is 16.4. The molecule has 2 saturated carbocycles. The number of likely N-dealkylation sites (N-methyl/N-ethyl adjacent to an activating group) is 2. The average molecular weight is 950 g/mol. The van der Waals surface area contributed by atoms with Gasteiger partial charge in [0, 0.05) is 24.3 Å². The van der Waals surface area contributed by atoms with E-state index in [0.29, 0.717) is 75.7 Å². The number of hydrogen-bond donors (Lipinski definition) is 7. The maximum Gasteiger partial charge on any atom is 0.255 e. The first-order valence-corrected chi connectivity index (χ1v) is 26.1. The SMILES string of the molecule is CN[C@@H](C)C(=O)NC(C(=O)N1CCC[C@H]1C(=O)N[C@@H]1CCc2c(NC(=O)c3cccc4c3CC[C@H]4NC(=O)[C@@H]3CCCN3C(=O)[C@@H](NC(=O)[C@H](C)NC)C3CCCCC3)cccc21)C1CCCCC1. The highest BCUT2D eigenvalue weighted by molar-refractivity contribution is 6.06. The lowest BCUT2D eigenvalue weighted by atomic mass is 9.83. The third-order valence-corrected chi connectivity index (χ3v) is 16.4. The summed E-state index contributed by atoms with van der Waals surface area (Å²) in [4.78, 5) is 100. The van der Waals surface area contributed by atoms with Gasteiger partial charge in [-0.3, -0.25) is 33.6 Å². The highest BCUT2D eigenvalue weighted by atomic mass is 16.2. The quantitative estimate of drug-likeness (QED) is 0.126. The normalized spacial score (nSPS) is 24.3. The van der Waals surface area contributed by atoms with Crippen molar-refractivity contribution in [1.82, 2.24) is 41.7 Å². The molecule has 2 aromatic rings. The molecule has 0 radical (unpaired) electrons. The van der Waals surface area contributed by atoms with E-state index in [0.717, 1.165) is 86.5 Å². The van der Waals surface area contributed by atoms with E-state index in [4.69, 9.17) is 0 Å². The molecule has 2 saturated heterocycles. The van der Waals surface area contributed by atoms with E-state index in [9.17, 15) is 33.6 Å². The second kappa shape index (κ2) is 22.6. The molecule has 0 spiro atoms. The number of amides is 7. The summed E-state index contributed by atoms with van der Waals surface area (Å²) >= 11 is 0. The molecule has 0 aromatic heterocycles. The molecule has 4 fully saturated rings. The Morgan fingerprint density at radius 1 is 0.536 bits per heavy atom. The number of carbonyl (C=O) groups is 7. The van der Waals surface area contributed by atoms with Gasteiger partial charge < -0.3 is 47.0 Å². The van der Waals surface area contributed by atoms with E-state index >= 15 is 0 Å². The highest BCUT2D eigenvalue weighted by Crippen LogP contribution is 2.39. The third kappa shape index (κ3) is 11.0. The van der Waals surface area contributed by atoms with Crippen molar-refractivity contribution in [3.05, 3.63) is 64.2 Å². The summed E-state index contributed by atoms with van der Waals surface area (Å²) in [5, 5.41) is 21.7. The fourth-order valence-corrected chi connectivity index (χ4v) is 12.1. The zero-order valence-corrected chi connectivity index (χ0v) is 41.1. The number of carbonyl (C=O) groups excluding carboxylic acids is 7. The standard InChI is InChI=1S/C53H75N9O7/c1-31(54-3)47(63)59-45(33-15-7-5-8-16-33)52(68)61-29-13-23-43(61)50(66)57-41-27-25-35-36(41)19-11-21-39(35)49(65)56-40-22-12-20-37-38(40)26-28-42(37)58-51(67)44-24-14-30-62(44)53(69)46(34-17-9-6-10-18-34)60-48(64)32(2)55-4/h11-12,19-22,31-34,41-46,54-55H,5-10,13-18,23-30H2,1-4H3,(H,56,65)(H,57,66)(H,58,67)(H,59,63)(H,60,64)/t31-,32-,41+,42+,43-,44-,45-,46?/m0/s1. The molecule has 8 rings (SSSR count). The van der Waals surface area contributed by atoms with Crippen LogP contribution in [0.5, 0.6) is 0 Å². The molecule has 69 heavy (non-hydrogen) atoms. The largest absolute Gasteiger partial charge is 0.347 e. The van der Waals surface area contributed by atoms with Crippen LogP contribution in [0, 0.1) is 11.8 Å². The smallest absolute Gasteiger partial charge is 0.255 e. The molecule has 2 aromatic carbocycles. The second-order valence-electron chi connectivity index (χ2n) is 20.6. The van der Waals surface area contributed by atoms with E-state index in [-0.39, 0.29) is 65.3 Å². The minimum Gasteiger partial charge on any atom is -0.347 e. The maximum absolute atomic E-state index is 14.3. The van der Waals surface area contributed by atoms with Crippen LogP contribution in [0.15, 0.2) is 36.4 Å². The molecule has 7 N–H and O–H groups in total. The van der Waals surface area contributed by atoms with Crippen LogP contribution < -0.4 is 37.2 Å². The summed E-state index contributed by atoms with van der Waals surface area (Å²) in [5.41, 5.74) is 4.89. The van der Waals surface area contributed by atoms with Crippen molar-refractivity contribution in [3.63, 3.8) is 0 Å². The summed E-state index contributed by atoms with van der Waals surface area (Å²) < 4.78 is 0. The molecule has 16 heteroatoms. The van der Waals surface area contributed by atoms with Crippen LogP contribution in [0.1, 0.15) is 161 Å². The monoisotopic (exact) mass is 950 g/mol. The molecule has 2 aliphatic heterocycles. The summed E-state index contributed by atoms with van der Waals surface area (Å²) in [6, 6.07) is 7.25. The zero-order valence-electron chi connectivity index (χ0n) is 41.1. The Morgan fingerprint density at radius 3 is 1.46 bits per heavy atom. The summed E-state index contributed by atoms with van der Waals surface area (Å²) in [6.45, 7) is 4.46. The Balaban J connectivity index is 0.904. The van der Waals surface area contributed by atoms with Crippen molar-refractivity contribution < 1.29 is 33.6 Å². The van der Waals surface area contributed by atoms with Gasteiger partial charge in [-0.2, -0.15) is 0 Å². The van der Waals surface area contributed by atoms with Crippen LogP contribution in [0.25, 0.3) is 0 Å². The van der Waals surface area contributed by atoms with Gasteiger partial charge in [0.2, 0.25) is 35.4 Å². The molecule has 0 bridgehead atoms. The van der Waals surface area contributed by atoms with Crippen molar-refractivity contribution >= 4 is 47.0 Å². The first-order chi connectivity index (χ1) is 33.4. The van der Waals surface area contributed by atoms with Gasteiger partial charge in [0.1, 0.15) is 24.2 Å². The Labute approximate surface area is 407 Å². The number of benzene rings is 2. The van der Waals surface area contributed by atoms with Gasteiger partial charge in [0.25, 0.3) is 5.91 Å². The number of fused-ring (bicyclic) bond motifs is 2. The lowest BCUT2D eigenvalue weighted by Crippen LogP contribution is -2.58. The van der Waals surface area contributed by atoms with Crippen molar-refractivity contribution in [3.8, 4) is 0 Å². The third-order valence-electron chi connectivity index (χ3n) is 16.4. The maximum atomic E-state index is 14.3. The number of nitrogens with zero attached hydrogens (tertiary/aromatic N) is 2. The van der Waals surface area contributed by atoms with Crippen molar-refractivity contribution in [2.75, 3.05) is 32.5 Å². The van der Waals surface area contributed by atoms with Crippen LogP contribution in [-0.4, -0.2) is 115 Å². The van der Waals surface area contributed by atoms with Crippen LogP contribution in [0.4, 0.5) is 5.69 Å². The molecule has 1 unspecified atom stereocenters. The first kappa shape index (κ1) is 50.1. The van der Waals surface area contributed by atoms with Gasteiger partial charge in [-0.15, -0.1) is 0 Å². The highest BCUT2D eigenvalue weighted by Gasteiger charge is 2.44. The fourth-order valence-electron chi connectivity index (χ4n) is 12.1. The van der Waals surface area contributed by atoms with Gasteiger partial charge in [0.15, 0.2) is 0 Å². The molecule has 8 atom stereocenters. The molecule has 16 nitrogen and oxygen atoms in total. The lowest BCUT2D eigenvalue weighted by Gasteiger charge is -2.35. The van der Waals surface area contributed by atoms with Crippen LogP contribution in [0.2, 0.25) is 0 Å². The molecule has 7 amide bonds. The summed E-state index contributed by atoms with van der Waals surface area (Å²) in [7, 11) is 3.44. The van der Waals surface area contributed by atoms with Crippen LogP contribution in [-0.2, 0) is 41.6 Å². The fraction of sp³-hybridized carbons (Fsp3) is 0.642. The van der Waals surface area contributed by atoms with Gasteiger partial charge in [-0.1, -0.05) is 62.8 Å². The van der Waals surface area contributed by atoms with Crippen LogP contribution >= 0.6 is 0 Å². The number of anilines is 1. The molecule has 4 aliphatic carbocycles. The molecule has 374 valence electrons. The number of likely N-dealkylation sites (tertiary alicyclic amines) is 2. The van der Waals surface area contributed by atoms with E-state index in [1.54, 1.807) is 37.7 Å². The predicted octanol–water partition coefficient (Wildman–Crippen LogP) is 4.47. The van der Waals surface area contributed by atoms with Gasteiger partial charge in [-0.05, 0) is 151 Å². The predicted molar refractivity (Wildman–Crippen MR) is 263 cm³/mol. The zero-order chi connectivity index (χ0) is 48.8. The van der Waals surface area contributed by atoms with Crippen LogP contribution in [0.3, 0.4) is 0 Å². The second-order valence-corrected chi connectivity index (χ2v) is 20.6. The molecule has 2 heterocycles. The number of nitrogens with one attached hydrogen (secondary N) is 7. The van der Waals surface area contributed by atoms with E-state index in [1.807, 2.05) is 36.4 Å². The Morgan fingerprint density at radius 2 is 0.986 bits per heavy atom. The molecular formula is C53H75N9O7. The lowest BCUT2D eigenvalue weighted by molar-refractivity contribution is -0.143. The molecular weight excluding hydrogens is 875 g/mol. The van der Waals surface area contributed by atoms with E-state index in [1.165, 1.54) is 0 Å². The van der Waals surface area contributed by atoms with Gasteiger partial charge in [-0.25, -0.2) is 0 Å². The minimum atomic E-state index is -0.676. The summed E-state index contributed by atoms with van der Waals surface area (Å²) in [5.74, 6) is -1.42.